The second kappa shape index (κ2) is 7.81. The molecule has 0 aromatic carbocycles. The lowest BCUT2D eigenvalue weighted by atomic mass is 9.72. The molecule has 138 valence electrons. The van der Waals surface area contributed by atoms with Gasteiger partial charge >= 0.3 is 5.97 Å². The standard InChI is InChI=1S/C17H28O7/c1-7-8-11(22-6)17(5)12(19)14(20)24-13(17)10(18)9-23-15(21)16(2,3)4/h1,10-14,18-20H,8-9H2,2-6H3/t10-,11+,12+,13-,14?,17+/m1/s1. The molecule has 24 heavy (non-hydrogen) atoms. The van der Waals surface area contributed by atoms with Gasteiger partial charge in [-0.05, 0) is 20.8 Å². The maximum Gasteiger partial charge on any atom is 0.311 e. The highest BCUT2D eigenvalue weighted by Crippen LogP contribution is 2.44. The van der Waals surface area contributed by atoms with Gasteiger partial charge in [-0.1, -0.05) is 6.92 Å². The van der Waals surface area contributed by atoms with E-state index in [9.17, 15) is 20.1 Å². The predicted molar refractivity (Wildman–Crippen MR) is 85.7 cm³/mol. The summed E-state index contributed by atoms with van der Waals surface area (Å²) < 4.78 is 15.8. The summed E-state index contributed by atoms with van der Waals surface area (Å²) in [6.07, 6.45) is -0.258. The minimum absolute atomic E-state index is 0.158. The van der Waals surface area contributed by atoms with Crippen molar-refractivity contribution in [1.82, 2.24) is 0 Å². The molecule has 1 heterocycles. The molecule has 7 nitrogen and oxygen atoms in total. The molecule has 3 N–H and O–H groups in total. The van der Waals surface area contributed by atoms with Crippen molar-refractivity contribution in [1.29, 1.82) is 0 Å². The van der Waals surface area contributed by atoms with Gasteiger partial charge in [0, 0.05) is 13.5 Å². The third-order valence-electron chi connectivity index (χ3n) is 4.44. The Morgan fingerprint density at radius 3 is 2.46 bits per heavy atom. The van der Waals surface area contributed by atoms with Crippen LogP contribution in [0, 0.1) is 23.2 Å². The Hall–Kier alpha value is -1.17. The number of hydrogen-bond acceptors (Lipinski definition) is 7. The zero-order valence-corrected chi connectivity index (χ0v) is 14.9. The Bertz CT molecular complexity index is 478. The molecule has 0 aliphatic carbocycles. The fourth-order valence-corrected chi connectivity index (χ4v) is 2.85. The van der Waals surface area contributed by atoms with E-state index in [1.54, 1.807) is 27.7 Å². The number of methoxy groups -OCH3 is 1. The molecule has 7 heteroatoms. The van der Waals surface area contributed by atoms with Gasteiger partial charge in [0.2, 0.25) is 0 Å². The molecule has 1 aliphatic heterocycles. The normalized spacial score (nSPS) is 32.9. The zero-order valence-electron chi connectivity index (χ0n) is 14.9. The molecule has 1 saturated heterocycles. The molecule has 0 spiro atoms. The van der Waals surface area contributed by atoms with Crippen LogP contribution in [0.3, 0.4) is 0 Å². The van der Waals surface area contributed by atoms with E-state index in [0.29, 0.717) is 0 Å². The second-order valence-corrected chi connectivity index (χ2v) is 7.31. The highest BCUT2D eigenvalue weighted by atomic mass is 16.6. The zero-order chi connectivity index (χ0) is 18.7. The predicted octanol–water partition coefficient (Wildman–Crippen LogP) is 0.0593. The van der Waals surface area contributed by atoms with E-state index in [-0.39, 0.29) is 13.0 Å². The van der Waals surface area contributed by atoms with E-state index < -0.39 is 47.5 Å². The van der Waals surface area contributed by atoms with E-state index in [4.69, 9.17) is 20.6 Å². The first-order chi connectivity index (χ1) is 11.0. The molecule has 0 aromatic rings. The lowest BCUT2D eigenvalue weighted by Crippen LogP contribution is -2.53. The van der Waals surface area contributed by atoms with Gasteiger partial charge in [-0.15, -0.1) is 12.3 Å². The fourth-order valence-electron chi connectivity index (χ4n) is 2.85. The van der Waals surface area contributed by atoms with Gasteiger partial charge in [-0.2, -0.15) is 0 Å². The van der Waals surface area contributed by atoms with Crippen LogP contribution in [-0.4, -0.2) is 65.7 Å². The molecule has 0 bridgehead atoms. The summed E-state index contributed by atoms with van der Waals surface area (Å²) in [6.45, 7) is 6.36. The third-order valence-corrected chi connectivity index (χ3v) is 4.44. The van der Waals surface area contributed by atoms with Crippen molar-refractivity contribution in [2.75, 3.05) is 13.7 Å². The molecule has 1 fully saturated rings. The number of carbonyl (C=O) groups is 1. The van der Waals surface area contributed by atoms with Gasteiger partial charge in [0.15, 0.2) is 6.29 Å². The van der Waals surface area contributed by atoms with Crippen molar-refractivity contribution in [2.45, 2.75) is 64.8 Å². The maximum absolute atomic E-state index is 11.8. The first-order valence-corrected chi connectivity index (χ1v) is 7.83. The van der Waals surface area contributed by atoms with Crippen LogP contribution in [0.4, 0.5) is 0 Å². The minimum atomic E-state index is -1.50. The number of ether oxygens (including phenoxy) is 3. The molecule has 0 radical (unpaired) electrons. The second-order valence-electron chi connectivity index (χ2n) is 7.31. The van der Waals surface area contributed by atoms with Gasteiger partial charge in [0.05, 0.1) is 16.9 Å². The van der Waals surface area contributed by atoms with E-state index in [1.807, 2.05) is 0 Å². The Balaban J connectivity index is 2.94. The minimum Gasteiger partial charge on any atom is -0.462 e. The Labute approximate surface area is 142 Å². The molecule has 0 saturated carbocycles. The quantitative estimate of drug-likeness (QED) is 0.462. The Morgan fingerprint density at radius 1 is 1.42 bits per heavy atom. The molecular weight excluding hydrogens is 316 g/mol. The van der Waals surface area contributed by atoms with Crippen LogP contribution >= 0.6 is 0 Å². The van der Waals surface area contributed by atoms with Crippen LogP contribution in [-0.2, 0) is 19.0 Å². The van der Waals surface area contributed by atoms with Crippen LogP contribution in [0.5, 0.6) is 0 Å². The van der Waals surface area contributed by atoms with Gasteiger partial charge in [0.25, 0.3) is 0 Å². The van der Waals surface area contributed by atoms with Crippen molar-refractivity contribution in [3.63, 3.8) is 0 Å². The van der Waals surface area contributed by atoms with E-state index in [0.717, 1.165) is 0 Å². The van der Waals surface area contributed by atoms with Crippen LogP contribution in [0.2, 0.25) is 0 Å². The van der Waals surface area contributed by atoms with Gasteiger partial charge in [0.1, 0.15) is 24.9 Å². The maximum atomic E-state index is 11.8. The molecule has 6 atom stereocenters. The number of terminal acetylenes is 1. The van der Waals surface area contributed by atoms with Gasteiger partial charge in [-0.25, -0.2) is 0 Å². The average molecular weight is 344 g/mol. The molecule has 1 rings (SSSR count). The van der Waals surface area contributed by atoms with Crippen molar-refractivity contribution in [3.05, 3.63) is 0 Å². The first kappa shape index (κ1) is 20.9. The van der Waals surface area contributed by atoms with Crippen molar-refractivity contribution >= 4 is 5.97 Å². The van der Waals surface area contributed by atoms with E-state index in [1.165, 1.54) is 7.11 Å². The number of carbonyl (C=O) groups excluding carboxylic acids is 1. The lowest BCUT2D eigenvalue weighted by molar-refractivity contribution is -0.171. The lowest BCUT2D eigenvalue weighted by Gasteiger charge is -2.39. The third kappa shape index (κ3) is 4.08. The van der Waals surface area contributed by atoms with Crippen LogP contribution in [0.1, 0.15) is 34.1 Å². The summed E-state index contributed by atoms with van der Waals surface area (Å²) in [4.78, 5) is 11.8. The average Bonchev–Trinajstić information content (AvgIpc) is 2.74. The van der Waals surface area contributed by atoms with Crippen molar-refractivity contribution in [3.8, 4) is 12.3 Å². The molecule has 1 unspecified atom stereocenters. The largest absolute Gasteiger partial charge is 0.462 e. The number of aliphatic hydroxyl groups excluding tert-OH is 3. The molecule has 0 amide bonds. The topological polar surface area (TPSA) is 105 Å². The highest BCUT2D eigenvalue weighted by Gasteiger charge is 2.59. The Kier molecular flexibility index (Phi) is 6.79. The van der Waals surface area contributed by atoms with E-state index in [2.05, 4.69) is 5.92 Å². The summed E-state index contributed by atoms with van der Waals surface area (Å²) in [7, 11) is 1.42. The smallest absolute Gasteiger partial charge is 0.311 e. The van der Waals surface area contributed by atoms with Crippen LogP contribution < -0.4 is 0 Å². The summed E-state index contributed by atoms with van der Waals surface area (Å²) in [5.74, 6) is 1.97. The van der Waals surface area contributed by atoms with Gasteiger partial charge < -0.3 is 29.5 Å². The molecular formula is C17H28O7. The van der Waals surface area contributed by atoms with Crippen molar-refractivity contribution < 1.29 is 34.3 Å². The number of esters is 1. The number of aliphatic hydroxyl groups is 3. The molecule has 1 aliphatic rings. The number of hydrogen-bond donors (Lipinski definition) is 3. The number of rotatable bonds is 6. The highest BCUT2D eigenvalue weighted by molar-refractivity contribution is 5.75. The summed E-state index contributed by atoms with van der Waals surface area (Å²) in [5.41, 5.74) is -1.88. The van der Waals surface area contributed by atoms with Crippen LogP contribution in [0.25, 0.3) is 0 Å². The van der Waals surface area contributed by atoms with Crippen LogP contribution in [0.15, 0.2) is 0 Å². The summed E-state index contributed by atoms with van der Waals surface area (Å²) in [6, 6.07) is 0. The Morgan fingerprint density at radius 2 is 2.00 bits per heavy atom. The van der Waals surface area contributed by atoms with Crippen molar-refractivity contribution in [2.24, 2.45) is 10.8 Å². The SMILES string of the molecule is C#CC[C@H](OC)[C@]1(C)[C@@H]([C@H](O)COC(=O)C(C)(C)C)OC(O)[C@@H]1O. The van der Waals surface area contributed by atoms with E-state index >= 15 is 0 Å². The monoisotopic (exact) mass is 344 g/mol. The molecule has 0 aromatic heterocycles. The summed E-state index contributed by atoms with van der Waals surface area (Å²) in [5, 5.41) is 30.6. The van der Waals surface area contributed by atoms with Gasteiger partial charge in [-0.3, -0.25) is 4.79 Å². The first-order valence-electron chi connectivity index (χ1n) is 7.83. The fraction of sp³-hybridized carbons (Fsp3) is 0.824. The summed E-state index contributed by atoms with van der Waals surface area (Å²) >= 11 is 0.